The van der Waals surface area contributed by atoms with Gasteiger partial charge >= 0.3 is 0 Å². The zero-order valence-corrected chi connectivity index (χ0v) is 19.8. The molecule has 5 rings (SSSR count). The van der Waals surface area contributed by atoms with Gasteiger partial charge in [-0.3, -0.25) is 9.69 Å². The lowest BCUT2D eigenvalue weighted by Crippen LogP contribution is -2.48. The van der Waals surface area contributed by atoms with Gasteiger partial charge in [-0.05, 0) is 66.8 Å². The van der Waals surface area contributed by atoms with Crippen LogP contribution < -0.4 is 10.5 Å². The first-order valence-corrected chi connectivity index (χ1v) is 11.9. The van der Waals surface area contributed by atoms with E-state index < -0.39 is 0 Å². The van der Waals surface area contributed by atoms with Crippen molar-refractivity contribution in [2.45, 2.75) is 19.9 Å². The summed E-state index contributed by atoms with van der Waals surface area (Å²) < 4.78 is 0. The highest BCUT2D eigenvalue weighted by molar-refractivity contribution is 6.33. The molecule has 4 nitrogen and oxygen atoms in total. The van der Waals surface area contributed by atoms with E-state index in [-0.39, 0.29) is 5.56 Å². The van der Waals surface area contributed by atoms with E-state index in [0.29, 0.717) is 16.6 Å². The summed E-state index contributed by atoms with van der Waals surface area (Å²) in [5.74, 6) is 0. The molecule has 0 unspecified atom stereocenters. The fraction of sp³-hybridized carbons (Fsp3) is 0.250. The van der Waals surface area contributed by atoms with Crippen LogP contribution in [0.15, 0.2) is 77.6 Å². The number of nitrogens with zero attached hydrogens (tertiary/aromatic N) is 2. The minimum atomic E-state index is -0.134. The van der Waals surface area contributed by atoms with Crippen LogP contribution in [0.3, 0.4) is 0 Å². The van der Waals surface area contributed by atoms with Crippen molar-refractivity contribution in [3.05, 3.63) is 88.2 Å². The van der Waals surface area contributed by atoms with Crippen LogP contribution in [0.4, 0.5) is 5.69 Å². The number of halogens is 1. The Hall–Kier alpha value is -3.08. The maximum absolute atomic E-state index is 12.7. The minimum Gasteiger partial charge on any atom is -0.369 e. The van der Waals surface area contributed by atoms with Gasteiger partial charge in [0.2, 0.25) is 0 Å². The quantitative estimate of drug-likeness (QED) is 0.405. The monoisotopic (exact) mass is 457 g/mol. The summed E-state index contributed by atoms with van der Waals surface area (Å²) in [6.07, 6.45) is 0. The van der Waals surface area contributed by atoms with Crippen molar-refractivity contribution in [2.24, 2.45) is 0 Å². The van der Waals surface area contributed by atoms with E-state index in [1.807, 2.05) is 30.3 Å². The molecule has 1 aromatic heterocycles. The number of nitrogens with one attached hydrogen (secondary N) is 1. The predicted octanol–water partition coefficient (Wildman–Crippen LogP) is 6.05. The standard InChI is InChI=1S/C28H28ClN3O/c1-19(2)31-13-15-32(16-14-31)23-10-7-20(8-11-23)21-9-12-27-22(17-21)18-25(28(33)30-27)24-5-3-4-6-26(24)29/h3-12,17-19H,13-16H2,1-2H3,(H,30,33). The first-order chi connectivity index (χ1) is 16.0. The Balaban J connectivity index is 1.42. The van der Waals surface area contributed by atoms with E-state index in [9.17, 15) is 4.79 Å². The van der Waals surface area contributed by atoms with Gasteiger partial charge in [0.05, 0.1) is 0 Å². The van der Waals surface area contributed by atoms with Gasteiger partial charge in [0.15, 0.2) is 0 Å². The van der Waals surface area contributed by atoms with Crippen LogP contribution in [0.5, 0.6) is 0 Å². The summed E-state index contributed by atoms with van der Waals surface area (Å²) >= 11 is 6.35. The van der Waals surface area contributed by atoms with Crippen molar-refractivity contribution >= 4 is 28.2 Å². The lowest BCUT2D eigenvalue weighted by atomic mass is 10.0. The Morgan fingerprint density at radius 1 is 0.818 bits per heavy atom. The van der Waals surface area contributed by atoms with Crippen molar-refractivity contribution in [1.82, 2.24) is 9.88 Å². The molecule has 1 aliphatic rings. The first-order valence-electron chi connectivity index (χ1n) is 11.5. The molecule has 0 aliphatic carbocycles. The van der Waals surface area contributed by atoms with Crippen LogP contribution >= 0.6 is 11.6 Å². The number of H-pyrrole nitrogens is 1. The Kier molecular flexibility index (Phi) is 5.96. The second kappa shape index (κ2) is 9.05. The number of aromatic amines is 1. The molecule has 0 amide bonds. The minimum absolute atomic E-state index is 0.134. The number of piperazine rings is 1. The molecular weight excluding hydrogens is 430 g/mol. The summed E-state index contributed by atoms with van der Waals surface area (Å²) in [6, 6.07) is 24.9. The molecule has 1 N–H and O–H groups in total. The van der Waals surface area contributed by atoms with Crippen molar-refractivity contribution in [3.8, 4) is 22.3 Å². The molecule has 1 saturated heterocycles. The van der Waals surface area contributed by atoms with Gasteiger partial charge < -0.3 is 9.88 Å². The molecule has 0 spiro atoms. The Morgan fingerprint density at radius 3 is 2.21 bits per heavy atom. The third kappa shape index (κ3) is 4.41. The van der Waals surface area contributed by atoms with Crippen molar-refractivity contribution in [2.75, 3.05) is 31.1 Å². The number of aromatic nitrogens is 1. The number of pyridine rings is 1. The molecule has 0 saturated carbocycles. The van der Waals surface area contributed by atoms with Gasteiger partial charge in [0.25, 0.3) is 5.56 Å². The van der Waals surface area contributed by atoms with Gasteiger partial charge in [-0.15, -0.1) is 0 Å². The summed E-state index contributed by atoms with van der Waals surface area (Å²) in [4.78, 5) is 20.7. The Morgan fingerprint density at radius 2 is 1.52 bits per heavy atom. The molecule has 1 fully saturated rings. The fourth-order valence-electron chi connectivity index (χ4n) is 4.63. The fourth-order valence-corrected chi connectivity index (χ4v) is 4.86. The molecule has 0 atom stereocenters. The third-order valence-electron chi connectivity index (χ3n) is 6.62. The predicted molar refractivity (Wildman–Crippen MR) is 139 cm³/mol. The smallest absolute Gasteiger partial charge is 0.256 e. The van der Waals surface area contributed by atoms with Gasteiger partial charge in [-0.25, -0.2) is 0 Å². The lowest BCUT2D eigenvalue weighted by Gasteiger charge is -2.38. The van der Waals surface area contributed by atoms with Crippen molar-refractivity contribution < 1.29 is 0 Å². The maximum Gasteiger partial charge on any atom is 0.256 e. The highest BCUT2D eigenvalue weighted by atomic mass is 35.5. The Labute approximate surface area is 199 Å². The van der Waals surface area contributed by atoms with E-state index in [4.69, 9.17) is 11.6 Å². The Bertz CT molecular complexity index is 1340. The molecule has 1 aliphatic heterocycles. The number of benzene rings is 3. The second-order valence-corrected chi connectivity index (χ2v) is 9.36. The third-order valence-corrected chi connectivity index (χ3v) is 6.95. The summed E-state index contributed by atoms with van der Waals surface area (Å²) in [5, 5.41) is 1.55. The van der Waals surface area contributed by atoms with Crippen LogP contribution in [-0.4, -0.2) is 42.1 Å². The van der Waals surface area contributed by atoms with E-state index in [0.717, 1.165) is 53.8 Å². The van der Waals surface area contributed by atoms with Crippen LogP contribution in [0.25, 0.3) is 33.2 Å². The zero-order chi connectivity index (χ0) is 22.9. The van der Waals surface area contributed by atoms with E-state index in [2.05, 4.69) is 65.0 Å². The van der Waals surface area contributed by atoms with E-state index >= 15 is 0 Å². The topological polar surface area (TPSA) is 39.3 Å². The van der Waals surface area contributed by atoms with Crippen LogP contribution in [0.1, 0.15) is 13.8 Å². The molecule has 168 valence electrons. The van der Waals surface area contributed by atoms with E-state index in [1.165, 1.54) is 5.69 Å². The second-order valence-electron chi connectivity index (χ2n) is 8.96. The lowest BCUT2D eigenvalue weighted by molar-refractivity contribution is 0.209. The number of anilines is 1. The highest BCUT2D eigenvalue weighted by Gasteiger charge is 2.19. The molecular formula is C28H28ClN3O. The van der Waals surface area contributed by atoms with Crippen LogP contribution in [0, 0.1) is 0 Å². The van der Waals surface area contributed by atoms with Gasteiger partial charge in [0, 0.05) is 59.6 Å². The molecule has 5 heteroatoms. The molecule has 0 bridgehead atoms. The summed E-state index contributed by atoms with van der Waals surface area (Å²) in [7, 11) is 0. The average Bonchev–Trinajstić information content (AvgIpc) is 2.84. The van der Waals surface area contributed by atoms with Gasteiger partial charge in [-0.2, -0.15) is 0 Å². The summed E-state index contributed by atoms with van der Waals surface area (Å²) in [6.45, 7) is 8.87. The first kappa shape index (κ1) is 21.7. The van der Waals surface area contributed by atoms with Gasteiger partial charge in [-0.1, -0.05) is 48.0 Å². The molecule has 33 heavy (non-hydrogen) atoms. The SMILES string of the molecule is CC(C)N1CCN(c2ccc(-c3ccc4[nH]c(=O)c(-c5ccccc5Cl)cc4c3)cc2)CC1. The molecule has 3 aromatic carbocycles. The number of hydrogen-bond acceptors (Lipinski definition) is 3. The number of hydrogen-bond donors (Lipinski definition) is 1. The zero-order valence-electron chi connectivity index (χ0n) is 19.0. The number of fused-ring (bicyclic) bond motifs is 1. The molecule has 2 heterocycles. The van der Waals surface area contributed by atoms with Crippen molar-refractivity contribution in [3.63, 3.8) is 0 Å². The molecule has 0 radical (unpaired) electrons. The maximum atomic E-state index is 12.7. The number of rotatable bonds is 4. The summed E-state index contributed by atoms with van der Waals surface area (Å²) in [5.41, 5.74) is 5.57. The molecule has 4 aromatic rings. The largest absolute Gasteiger partial charge is 0.369 e. The van der Waals surface area contributed by atoms with Gasteiger partial charge in [0.1, 0.15) is 0 Å². The van der Waals surface area contributed by atoms with Crippen LogP contribution in [-0.2, 0) is 0 Å². The van der Waals surface area contributed by atoms with E-state index in [1.54, 1.807) is 6.07 Å². The van der Waals surface area contributed by atoms with Crippen LogP contribution in [0.2, 0.25) is 5.02 Å². The highest BCUT2D eigenvalue weighted by Crippen LogP contribution is 2.30. The van der Waals surface area contributed by atoms with Crippen molar-refractivity contribution in [1.29, 1.82) is 0 Å². The normalized spacial score (nSPS) is 14.8. The average molecular weight is 458 g/mol.